The van der Waals surface area contributed by atoms with Crippen LogP contribution in [0.5, 0.6) is 0 Å². The van der Waals surface area contributed by atoms with Gasteiger partial charge < -0.3 is 10.2 Å². The number of rotatable bonds is 13. The fourth-order valence-corrected chi connectivity index (χ4v) is 7.91. The lowest BCUT2D eigenvalue weighted by Crippen LogP contribution is -2.54. The highest BCUT2D eigenvalue weighted by Gasteiger charge is 2.35. The van der Waals surface area contributed by atoms with E-state index in [2.05, 4.69) is 21.2 Å². The van der Waals surface area contributed by atoms with Crippen LogP contribution < -0.4 is 9.62 Å². The highest BCUT2D eigenvalue weighted by molar-refractivity contribution is 9.10. The van der Waals surface area contributed by atoms with Gasteiger partial charge in [-0.2, -0.15) is 0 Å². The maximum Gasteiger partial charge on any atom is 0.264 e. The van der Waals surface area contributed by atoms with Crippen LogP contribution in [0.25, 0.3) is 0 Å². The van der Waals surface area contributed by atoms with Crippen molar-refractivity contribution in [1.29, 1.82) is 0 Å². The van der Waals surface area contributed by atoms with Crippen molar-refractivity contribution in [3.8, 4) is 0 Å². The number of nitrogens with one attached hydrogen (secondary N) is 1. The molecule has 2 amide bonds. The number of aryl methyl sites for hydroxylation is 1. The summed E-state index contributed by atoms with van der Waals surface area (Å²) >= 11 is 5.00. The summed E-state index contributed by atoms with van der Waals surface area (Å²) in [6.45, 7) is 1.58. The average Bonchev–Trinajstić information content (AvgIpc) is 3.60. The van der Waals surface area contributed by atoms with Gasteiger partial charge in [0.1, 0.15) is 12.6 Å². The summed E-state index contributed by atoms with van der Waals surface area (Å²) in [5.41, 5.74) is 3.07. The van der Waals surface area contributed by atoms with E-state index in [0.717, 1.165) is 56.0 Å². The van der Waals surface area contributed by atoms with Gasteiger partial charge in [-0.3, -0.25) is 13.9 Å². The standard InChI is InChI=1S/C37H40BrN3O4S2/c1-27-12-18-32(19-13-27)41(47(44,45)34-22-20-33(46-2)21-23-34)26-36(42)40(25-29-14-16-30(38)17-15-29)35(24-28-8-4-3-5-9-28)37(43)39-31-10-6-7-11-31/h3-5,8-9,12-23,31,35H,6-7,10-11,24-26H2,1-2H3,(H,39,43)/t35-/m0/s1. The first kappa shape index (κ1) is 34.7. The fourth-order valence-electron chi connectivity index (χ4n) is 5.82. The predicted octanol–water partition coefficient (Wildman–Crippen LogP) is 7.37. The van der Waals surface area contributed by atoms with Crippen molar-refractivity contribution in [2.75, 3.05) is 17.1 Å². The summed E-state index contributed by atoms with van der Waals surface area (Å²) in [6, 6.07) is 30.1. The number of anilines is 1. The predicted molar refractivity (Wildman–Crippen MR) is 193 cm³/mol. The second-order valence-electron chi connectivity index (χ2n) is 11.9. The van der Waals surface area contributed by atoms with Crippen molar-refractivity contribution < 1.29 is 18.0 Å². The van der Waals surface area contributed by atoms with Crippen LogP contribution in [-0.2, 0) is 32.6 Å². The van der Waals surface area contributed by atoms with Gasteiger partial charge in [0, 0.05) is 28.4 Å². The van der Waals surface area contributed by atoms with Crippen LogP contribution >= 0.6 is 27.7 Å². The monoisotopic (exact) mass is 733 g/mol. The van der Waals surface area contributed by atoms with Gasteiger partial charge in [0.25, 0.3) is 10.0 Å². The van der Waals surface area contributed by atoms with E-state index in [1.165, 1.54) is 11.8 Å². The molecule has 1 aliphatic carbocycles. The van der Waals surface area contributed by atoms with E-state index in [1.54, 1.807) is 41.3 Å². The Bertz CT molecular complexity index is 1740. The molecule has 1 fully saturated rings. The molecule has 0 aliphatic heterocycles. The molecular formula is C37H40BrN3O4S2. The molecule has 0 unspecified atom stereocenters. The molecule has 1 aliphatic rings. The molecule has 0 saturated heterocycles. The second kappa shape index (κ2) is 16.0. The quantitative estimate of drug-likeness (QED) is 0.145. The molecular weight excluding hydrogens is 694 g/mol. The Morgan fingerprint density at radius 1 is 0.872 bits per heavy atom. The average molecular weight is 735 g/mol. The molecule has 0 aromatic heterocycles. The highest BCUT2D eigenvalue weighted by Crippen LogP contribution is 2.27. The Kier molecular flexibility index (Phi) is 11.8. The molecule has 4 aromatic rings. The third-order valence-corrected chi connectivity index (χ3v) is 11.5. The molecule has 1 N–H and O–H groups in total. The van der Waals surface area contributed by atoms with Crippen LogP contribution in [0.4, 0.5) is 5.69 Å². The second-order valence-corrected chi connectivity index (χ2v) is 15.5. The Balaban J connectivity index is 1.55. The summed E-state index contributed by atoms with van der Waals surface area (Å²) in [5.74, 6) is -0.705. The number of carbonyl (C=O) groups excluding carboxylic acids is 2. The zero-order valence-corrected chi connectivity index (χ0v) is 29.9. The van der Waals surface area contributed by atoms with Crippen LogP contribution in [0.3, 0.4) is 0 Å². The van der Waals surface area contributed by atoms with Crippen LogP contribution in [0, 0.1) is 6.92 Å². The molecule has 246 valence electrons. The molecule has 0 spiro atoms. The Labute approximate surface area is 290 Å². The summed E-state index contributed by atoms with van der Waals surface area (Å²) < 4.78 is 30.6. The molecule has 7 nitrogen and oxygen atoms in total. The van der Waals surface area contributed by atoms with Gasteiger partial charge in [-0.25, -0.2) is 8.42 Å². The lowest BCUT2D eigenvalue weighted by atomic mass is 10.0. The van der Waals surface area contributed by atoms with Gasteiger partial charge in [0.05, 0.1) is 10.6 Å². The molecule has 4 aromatic carbocycles. The van der Waals surface area contributed by atoms with Crippen molar-refractivity contribution in [2.45, 2.75) is 67.4 Å². The van der Waals surface area contributed by atoms with E-state index in [1.807, 2.05) is 79.9 Å². The fraction of sp³-hybridized carbons (Fsp3) is 0.297. The minimum absolute atomic E-state index is 0.0547. The maximum atomic E-state index is 14.6. The minimum Gasteiger partial charge on any atom is -0.352 e. The molecule has 5 rings (SSSR count). The SMILES string of the molecule is CSc1ccc(S(=O)(=O)N(CC(=O)N(Cc2ccc(Br)cc2)[C@@H](Cc2ccccc2)C(=O)NC2CCCC2)c2ccc(C)cc2)cc1. The number of carbonyl (C=O) groups is 2. The zero-order valence-electron chi connectivity index (χ0n) is 26.6. The minimum atomic E-state index is -4.15. The van der Waals surface area contributed by atoms with Crippen molar-refractivity contribution in [3.05, 3.63) is 124 Å². The van der Waals surface area contributed by atoms with Crippen LogP contribution in [0.1, 0.15) is 42.4 Å². The zero-order chi connectivity index (χ0) is 33.4. The highest BCUT2D eigenvalue weighted by atomic mass is 79.9. The molecule has 47 heavy (non-hydrogen) atoms. The number of hydrogen-bond donors (Lipinski definition) is 1. The van der Waals surface area contributed by atoms with E-state index < -0.39 is 28.5 Å². The molecule has 1 atom stereocenters. The van der Waals surface area contributed by atoms with E-state index in [4.69, 9.17) is 0 Å². The Morgan fingerprint density at radius 2 is 1.51 bits per heavy atom. The van der Waals surface area contributed by atoms with Gasteiger partial charge >= 0.3 is 0 Å². The third-order valence-electron chi connectivity index (χ3n) is 8.49. The number of benzene rings is 4. The first-order valence-electron chi connectivity index (χ1n) is 15.8. The lowest BCUT2D eigenvalue weighted by molar-refractivity contribution is -0.140. The van der Waals surface area contributed by atoms with Crippen molar-refractivity contribution in [1.82, 2.24) is 10.2 Å². The number of hydrogen-bond acceptors (Lipinski definition) is 5. The van der Waals surface area contributed by atoms with E-state index >= 15 is 0 Å². The maximum absolute atomic E-state index is 14.6. The molecule has 1 saturated carbocycles. The third kappa shape index (κ3) is 9.06. The summed E-state index contributed by atoms with van der Waals surface area (Å²) in [5, 5.41) is 3.21. The topological polar surface area (TPSA) is 86.8 Å². The molecule has 0 radical (unpaired) electrons. The first-order valence-corrected chi connectivity index (χ1v) is 19.2. The summed E-state index contributed by atoms with van der Waals surface area (Å²) in [4.78, 5) is 31.3. The van der Waals surface area contributed by atoms with Crippen molar-refractivity contribution in [2.24, 2.45) is 0 Å². The van der Waals surface area contributed by atoms with Crippen molar-refractivity contribution in [3.63, 3.8) is 0 Å². The van der Waals surface area contributed by atoms with E-state index in [9.17, 15) is 18.0 Å². The number of sulfonamides is 1. The summed E-state index contributed by atoms with van der Waals surface area (Å²) in [7, 11) is -4.15. The first-order chi connectivity index (χ1) is 22.6. The van der Waals surface area contributed by atoms with Crippen LogP contribution in [0.2, 0.25) is 0 Å². The number of halogens is 1. The molecule has 0 bridgehead atoms. The van der Waals surface area contributed by atoms with Crippen molar-refractivity contribution >= 4 is 55.2 Å². The van der Waals surface area contributed by atoms with Gasteiger partial charge in [0.15, 0.2) is 0 Å². The van der Waals surface area contributed by atoms with E-state index in [-0.39, 0.29) is 29.8 Å². The van der Waals surface area contributed by atoms with Crippen LogP contribution in [0.15, 0.2) is 117 Å². The molecule has 0 heterocycles. The Morgan fingerprint density at radius 3 is 2.13 bits per heavy atom. The number of nitrogens with zero attached hydrogens (tertiary/aromatic N) is 2. The Hall–Kier alpha value is -3.60. The normalized spacial score (nSPS) is 14.0. The van der Waals surface area contributed by atoms with Gasteiger partial charge in [-0.1, -0.05) is 88.9 Å². The van der Waals surface area contributed by atoms with Gasteiger partial charge in [-0.15, -0.1) is 11.8 Å². The summed E-state index contributed by atoms with van der Waals surface area (Å²) in [6.07, 6.45) is 6.12. The molecule has 10 heteroatoms. The number of amides is 2. The smallest absolute Gasteiger partial charge is 0.264 e. The largest absolute Gasteiger partial charge is 0.352 e. The van der Waals surface area contributed by atoms with Crippen LogP contribution in [-0.4, -0.2) is 50.0 Å². The van der Waals surface area contributed by atoms with Gasteiger partial charge in [0.2, 0.25) is 11.8 Å². The van der Waals surface area contributed by atoms with E-state index in [0.29, 0.717) is 5.69 Å². The van der Waals surface area contributed by atoms with Gasteiger partial charge in [-0.05, 0) is 85.7 Å². The number of thioether (sulfide) groups is 1. The lowest BCUT2D eigenvalue weighted by Gasteiger charge is -2.34.